The third kappa shape index (κ3) is 4.05. The largest absolute Gasteiger partial charge is 0.481 e. The van der Waals surface area contributed by atoms with Crippen LogP contribution in [0, 0.1) is 0 Å². The van der Waals surface area contributed by atoms with Crippen molar-refractivity contribution in [1.82, 2.24) is 19.6 Å². The van der Waals surface area contributed by atoms with Gasteiger partial charge in [-0.25, -0.2) is 0 Å². The van der Waals surface area contributed by atoms with E-state index in [2.05, 4.69) is 28.0 Å². The zero-order valence-corrected chi connectivity index (χ0v) is 12.4. The molecule has 1 saturated heterocycles. The van der Waals surface area contributed by atoms with Gasteiger partial charge >= 0.3 is 5.97 Å². The van der Waals surface area contributed by atoms with Crippen LogP contribution < -0.4 is 0 Å². The number of nitrogens with zero attached hydrogens (tertiary/aromatic N) is 4. The Kier molecular flexibility index (Phi) is 5.14. The maximum Gasteiger partial charge on any atom is 0.304 e. The maximum atomic E-state index is 10.6. The fourth-order valence-corrected chi connectivity index (χ4v) is 2.68. The van der Waals surface area contributed by atoms with E-state index < -0.39 is 5.97 Å². The number of aromatic nitrogens is 2. The fraction of sp³-hybridized carbons (Fsp3) is 0.714. The van der Waals surface area contributed by atoms with Crippen LogP contribution in [0.25, 0.3) is 0 Å². The number of carboxylic acids is 1. The van der Waals surface area contributed by atoms with Crippen LogP contribution in [-0.2, 0) is 24.8 Å². The van der Waals surface area contributed by atoms with Crippen molar-refractivity contribution in [3.05, 3.63) is 17.5 Å². The molecule has 1 aromatic heterocycles. The number of carbonyl (C=O) groups is 1. The van der Waals surface area contributed by atoms with Crippen LogP contribution in [0.3, 0.4) is 0 Å². The minimum Gasteiger partial charge on any atom is -0.481 e. The molecular formula is C14H24N4O2. The van der Waals surface area contributed by atoms with Gasteiger partial charge in [0.1, 0.15) is 0 Å². The van der Waals surface area contributed by atoms with Crippen molar-refractivity contribution < 1.29 is 9.90 Å². The Balaban J connectivity index is 1.80. The van der Waals surface area contributed by atoms with E-state index in [1.54, 1.807) is 0 Å². The number of rotatable bonds is 6. The molecule has 0 unspecified atom stereocenters. The molecule has 1 N–H and O–H groups in total. The minimum absolute atomic E-state index is 0.239. The lowest BCUT2D eigenvalue weighted by atomic mass is 10.2. The summed E-state index contributed by atoms with van der Waals surface area (Å²) < 4.78 is 1.89. The summed E-state index contributed by atoms with van der Waals surface area (Å²) in [5.41, 5.74) is 2.50. The first kappa shape index (κ1) is 15.0. The predicted octanol–water partition coefficient (Wildman–Crippen LogP) is 0.575. The SMILES string of the molecule is CCc1nn(C)cc1CN1CCN(CCC(=O)O)CC1. The summed E-state index contributed by atoms with van der Waals surface area (Å²) >= 11 is 0. The lowest BCUT2D eigenvalue weighted by molar-refractivity contribution is -0.137. The highest BCUT2D eigenvalue weighted by molar-refractivity contribution is 5.66. The van der Waals surface area contributed by atoms with Crippen LogP contribution >= 0.6 is 0 Å². The Morgan fingerprint density at radius 3 is 2.55 bits per heavy atom. The van der Waals surface area contributed by atoms with Gasteiger partial charge < -0.3 is 10.0 Å². The molecule has 1 fully saturated rings. The highest BCUT2D eigenvalue weighted by atomic mass is 16.4. The van der Waals surface area contributed by atoms with Crippen LogP contribution in [0.4, 0.5) is 0 Å². The second-order valence-corrected chi connectivity index (χ2v) is 5.39. The topological polar surface area (TPSA) is 61.6 Å². The van der Waals surface area contributed by atoms with E-state index in [1.807, 2.05) is 11.7 Å². The van der Waals surface area contributed by atoms with Gasteiger partial charge in [0.05, 0.1) is 12.1 Å². The molecule has 0 spiro atoms. The monoisotopic (exact) mass is 280 g/mol. The Morgan fingerprint density at radius 2 is 1.95 bits per heavy atom. The summed E-state index contributed by atoms with van der Waals surface area (Å²) in [5.74, 6) is -0.713. The molecule has 0 aromatic carbocycles. The molecule has 1 aliphatic rings. The molecule has 2 heterocycles. The van der Waals surface area contributed by atoms with Crippen LogP contribution in [-0.4, -0.2) is 63.4 Å². The molecule has 1 aliphatic heterocycles. The summed E-state index contributed by atoms with van der Waals surface area (Å²) in [7, 11) is 1.96. The number of aryl methyl sites for hydroxylation is 2. The third-order valence-corrected chi connectivity index (χ3v) is 3.83. The molecule has 6 heteroatoms. The molecule has 0 atom stereocenters. The smallest absolute Gasteiger partial charge is 0.304 e. The van der Waals surface area contributed by atoms with Crippen molar-refractivity contribution in [3.8, 4) is 0 Å². The molecule has 1 aromatic rings. The Bertz CT molecular complexity index is 450. The van der Waals surface area contributed by atoms with Gasteiger partial charge in [-0.1, -0.05) is 6.92 Å². The van der Waals surface area contributed by atoms with E-state index in [0.29, 0.717) is 6.54 Å². The molecule has 112 valence electrons. The van der Waals surface area contributed by atoms with Gasteiger partial charge in [0.25, 0.3) is 0 Å². The highest BCUT2D eigenvalue weighted by Gasteiger charge is 2.19. The van der Waals surface area contributed by atoms with E-state index in [9.17, 15) is 4.79 Å². The second-order valence-electron chi connectivity index (χ2n) is 5.39. The lowest BCUT2D eigenvalue weighted by Crippen LogP contribution is -2.46. The van der Waals surface area contributed by atoms with Gasteiger partial charge in [0.15, 0.2) is 0 Å². The van der Waals surface area contributed by atoms with E-state index >= 15 is 0 Å². The number of aliphatic carboxylic acids is 1. The summed E-state index contributed by atoms with van der Waals surface area (Å²) in [6, 6.07) is 0. The second kappa shape index (κ2) is 6.85. The molecule has 0 radical (unpaired) electrons. The molecule has 20 heavy (non-hydrogen) atoms. The maximum absolute atomic E-state index is 10.6. The average Bonchev–Trinajstić information content (AvgIpc) is 2.78. The van der Waals surface area contributed by atoms with E-state index in [0.717, 1.165) is 39.1 Å². The lowest BCUT2D eigenvalue weighted by Gasteiger charge is -2.34. The van der Waals surface area contributed by atoms with Crippen LogP contribution in [0.2, 0.25) is 0 Å². The Morgan fingerprint density at radius 1 is 1.30 bits per heavy atom. The van der Waals surface area contributed by atoms with Crippen molar-refractivity contribution in [2.75, 3.05) is 32.7 Å². The first-order valence-electron chi connectivity index (χ1n) is 7.26. The molecule has 0 aliphatic carbocycles. The Hall–Kier alpha value is -1.40. The van der Waals surface area contributed by atoms with Crippen LogP contribution in [0.1, 0.15) is 24.6 Å². The standard InChI is InChI=1S/C14H24N4O2/c1-3-13-12(10-16(2)15-13)11-18-8-6-17(7-9-18)5-4-14(19)20/h10H,3-9,11H2,1-2H3,(H,19,20). The van der Waals surface area contributed by atoms with Crippen molar-refractivity contribution in [1.29, 1.82) is 0 Å². The van der Waals surface area contributed by atoms with Crippen molar-refractivity contribution in [2.45, 2.75) is 26.3 Å². The summed E-state index contributed by atoms with van der Waals surface area (Å²) in [4.78, 5) is 15.2. The Labute approximate surface area is 120 Å². The predicted molar refractivity (Wildman–Crippen MR) is 76.6 cm³/mol. The van der Waals surface area contributed by atoms with Crippen molar-refractivity contribution in [3.63, 3.8) is 0 Å². The first-order valence-corrected chi connectivity index (χ1v) is 7.26. The summed E-state index contributed by atoms with van der Waals surface area (Å²) in [6.45, 7) is 7.65. The zero-order valence-electron chi connectivity index (χ0n) is 12.4. The molecule has 0 amide bonds. The minimum atomic E-state index is -0.713. The van der Waals surface area contributed by atoms with Crippen molar-refractivity contribution >= 4 is 5.97 Å². The van der Waals surface area contributed by atoms with Crippen LogP contribution in [0.5, 0.6) is 0 Å². The number of hydrogen-bond acceptors (Lipinski definition) is 4. The molecule has 6 nitrogen and oxygen atoms in total. The van der Waals surface area contributed by atoms with Gasteiger partial charge in [0.2, 0.25) is 0 Å². The summed E-state index contributed by atoms with van der Waals surface area (Å²) in [5, 5.41) is 13.2. The molecule has 2 rings (SSSR count). The fourth-order valence-electron chi connectivity index (χ4n) is 2.68. The van der Waals surface area contributed by atoms with E-state index in [4.69, 9.17) is 5.11 Å². The molecule has 0 bridgehead atoms. The highest BCUT2D eigenvalue weighted by Crippen LogP contribution is 2.12. The zero-order chi connectivity index (χ0) is 14.5. The first-order chi connectivity index (χ1) is 9.58. The summed E-state index contributed by atoms with van der Waals surface area (Å²) in [6.07, 6.45) is 3.31. The van der Waals surface area contributed by atoms with Gasteiger partial charge in [-0.2, -0.15) is 5.10 Å². The van der Waals surface area contributed by atoms with Crippen molar-refractivity contribution in [2.24, 2.45) is 7.05 Å². The van der Waals surface area contributed by atoms with Gasteiger partial charge in [-0.05, 0) is 6.42 Å². The normalized spacial score (nSPS) is 17.5. The number of piperazine rings is 1. The number of hydrogen-bond donors (Lipinski definition) is 1. The average molecular weight is 280 g/mol. The molecular weight excluding hydrogens is 256 g/mol. The third-order valence-electron chi connectivity index (χ3n) is 3.83. The van der Waals surface area contributed by atoms with Crippen LogP contribution in [0.15, 0.2) is 6.20 Å². The van der Waals surface area contributed by atoms with Gasteiger partial charge in [-0.15, -0.1) is 0 Å². The van der Waals surface area contributed by atoms with E-state index in [1.165, 1.54) is 11.3 Å². The number of carboxylic acid groups (broad SMARTS) is 1. The quantitative estimate of drug-likeness (QED) is 0.825. The van der Waals surface area contributed by atoms with Gasteiger partial charge in [0, 0.05) is 58.1 Å². The van der Waals surface area contributed by atoms with Gasteiger partial charge in [-0.3, -0.25) is 14.4 Å². The van der Waals surface area contributed by atoms with E-state index in [-0.39, 0.29) is 6.42 Å². The molecule has 0 saturated carbocycles.